The van der Waals surface area contributed by atoms with Crippen molar-refractivity contribution in [2.75, 3.05) is 6.54 Å². The van der Waals surface area contributed by atoms with Crippen LogP contribution in [-0.2, 0) is 13.0 Å². The Balaban J connectivity index is 1.61. The molecule has 0 saturated heterocycles. The lowest BCUT2D eigenvalue weighted by Crippen LogP contribution is -2.32. The number of carbonyl (C=O) groups is 1. The van der Waals surface area contributed by atoms with Gasteiger partial charge in [0.1, 0.15) is 5.82 Å². The summed E-state index contributed by atoms with van der Waals surface area (Å²) in [6, 6.07) is 19.3. The topological polar surface area (TPSA) is 36.1 Å². The van der Waals surface area contributed by atoms with E-state index in [0.717, 1.165) is 16.5 Å². The molecule has 0 saturated carbocycles. The second kappa shape index (κ2) is 8.90. The van der Waals surface area contributed by atoms with Gasteiger partial charge in [0, 0.05) is 41.3 Å². The second-order valence-electron chi connectivity index (χ2n) is 7.06. The number of halogens is 3. The lowest BCUT2D eigenvalue weighted by molar-refractivity contribution is 0.0743. The molecule has 0 aliphatic carbocycles. The van der Waals surface area contributed by atoms with Gasteiger partial charge in [0.25, 0.3) is 5.91 Å². The van der Waals surface area contributed by atoms with E-state index < -0.39 is 0 Å². The van der Waals surface area contributed by atoms with Gasteiger partial charge in [-0.05, 0) is 42.3 Å². The first-order valence-corrected chi connectivity index (χ1v) is 10.3. The fraction of sp³-hybridized carbons (Fsp3) is 0.125. The number of carbonyl (C=O) groups excluding carboxylic acids is 1. The SMILES string of the molecule is O=C(c1ccc(Cl)c(Cl)c1)N(CCc1c[nH]c2ccccc12)Cc1ccccc1F. The quantitative estimate of drug-likeness (QED) is 0.364. The Morgan fingerprint density at radius 2 is 1.70 bits per heavy atom. The van der Waals surface area contributed by atoms with Crippen molar-refractivity contribution in [1.29, 1.82) is 0 Å². The van der Waals surface area contributed by atoms with E-state index in [1.165, 1.54) is 6.07 Å². The van der Waals surface area contributed by atoms with Gasteiger partial charge in [-0.25, -0.2) is 4.39 Å². The number of aromatic nitrogens is 1. The number of H-pyrrole nitrogens is 1. The van der Waals surface area contributed by atoms with Crippen molar-refractivity contribution >= 4 is 40.0 Å². The van der Waals surface area contributed by atoms with Crippen LogP contribution in [0.4, 0.5) is 4.39 Å². The van der Waals surface area contributed by atoms with Crippen LogP contribution in [0, 0.1) is 5.82 Å². The first kappa shape index (κ1) is 20.5. The molecule has 0 unspecified atom stereocenters. The average molecular weight is 441 g/mol. The summed E-state index contributed by atoms with van der Waals surface area (Å²) in [5.41, 5.74) is 3.03. The number of rotatable bonds is 6. The zero-order valence-electron chi connectivity index (χ0n) is 16.0. The zero-order chi connectivity index (χ0) is 21.1. The highest BCUT2D eigenvalue weighted by molar-refractivity contribution is 6.42. The van der Waals surface area contributed by atoms with E-state index in [0.29, 0.717) is 34.1 Å². The van der Waals surface area contributed by atoms with E-state index in [-0.39, 0.29) is 18.3 Å². The van der Waals surface area contributed by atoms with Crippen molar-refractivity contribution in [3.05, 3.63) is 105 Å². The van der Waals surface area contributed by atoms with Crippen LogP contribution in [0.3, 0.4) is 0 Å². The summed E-state index contributed by atoms with van der Waals surface area (Å²) in [6.45, 7) is 0.587. The standard InChI is InChI=1S/C24H19Cl2FN2O/c25-20-10-9-16(13-21(20)26)24(30)29(15-18-5-1-3-7-22(18)27)12-11-17-14-28-23-8-4-2-6-19(17)23/h1-10,13-14,28H,11-12,15H2. The van der Waals surface area contributed by atoms with Crippen LogP contribution in [0.15, 0.2) is 72.9 Å². The molecule has 4 rings (SSSR count). The molecule has 1 heterocycles. The highest BCUT2D eigenvalue weighted by Gasteiger charge is 2.19. The Labute approximate surface area is 184 Å². The number of benzene rings is 3. The maximum absolute atomic E-state index is 14.3. The monoisotopic (exact) mass is 440 g/mol. The van der Waals surface area contributed by atoms with Crippen molar-refractivity contribution in [3.63, 3.8) is 0 Å². The summed E-state index contributed by atoms with van der Waals surface area (Å²) in [5, 5.41) is 1.81. The molecule has 152 valence electrons. The smallest absolute Gasteiger partial charge is 0.254 e. The number of nitrogens with zero attached hydrogens (tertiary/aromatic N) is 1. The van der Waals surface area contributed by atoms with Crippen molar-refractivity contribution in [2.24, 2.45) is 0 Å². The molecule has 1 amide bonds. The van der Waals surface area contributed by atoms with Crippen molar-refractivity contribution in [2.45, 2.75) is 13.0 Å². The number of hydrogen-bond acceptors (Lipinski definition) is 1. The number of aromatic amines is 1. The van der Waals surface area contributed by atoms with Gasteiger partial charge in [-0.3, -0.25) is 4.79 Å². The van der Waals surface area contributed by atoms with Gasteiger partial charge in [-0.1, -0.05) is 59.6 Å². The normalized spacial score (nSPS) is 11.0. The third-order valence-corrected chi connectivity index (χ3v) is 5.84. The molecule has 0 atom stereocenters. The van der Waals surface area contributed by atoms with Crippen LogP contribution in [0.25, 0.3) is 10.9 Å². The lowest BCUT2D eigenvalue weighted by atomic mass is 10.1. The van der Waals surface area contributed by atoms with Crippen LogP contribution in [0.1, 0.15) is 21.5 Å². The Kier molecular flexibility index (Phi) is 6.07. The minimum absolute atomic E-state index is 0.161. The summed E-state index contributed by atoms with van der Waals surface area (Å²) in [7, 11) is 0. The third-order valence-electron chi connectivity index (χ3n) is 5.10. The number of nitrogens with one attached hydrogen (secondary N) is 1. The summed E-state index contributed by atoms with van der Waals surface area (Å²) in [6.07, 6.45) is 2.58. The number of fused-ring (bicyclic) bond motifs is 1. The number of para-hydroxylation sites is 1. The molecule has 0 spiro atoms. The van der Waals surface area contributed by atoms with E-state index in [1.807, 2.05) is 30.5 Å². The summed E-state index contributed by atoms with van der Waals surface area (Å²) >= 11 is 12.1. The molecule has 0 aliphatic heterocycles. The van der Waals surface area contributed by atoms with Gasteiger partial charge in [-0.15, -0.1) is 0 Å². The predicted octanol–water partition coefficient (Wildman–Crippen LogP) is 6.50. The molecular formula is C24H19Cl2FN2O. The van der Waals surface area contributed by atoms with Gasteiger partial charge < -0.3 is 9.88 Å². The van der Waals surface area contributed by atoms with Crippen LogP contribution >= 0.6 is 23.2 Å². The fourth-order valence-corrected chi connectivity index (χ4v) is 3.79. The van der Waals surface area contributed by atoms with E-state index in [1.54, 1.807) is 41.3 Å². The Morgan fingerprint density at radius 1 is 0.933 bits per heavy atom. The molecule has 0 fully saturated rings. The summed E-state index contributed by atoms with van der Waals surface area (Å²) in [5.74, 6) is -0.562. The largest absolute Gasteiger partial charge is 0.361 e. The van der Waals surface area contributed by atoms with Crippen LogP contribution in [0.5, 0.6) is 0 Å². The molecule has 6 heteroatoms. The third kappa shape index (κ3) is 4.35. The maximum atomic E-state index is 14.3. The molecular weight excluding hydrogens is 422 g/mol. The molecule has 0 radical (unpaired) electrons. The molecule has 4 aromatic rings. The highest BCUT2D eigenvalue weighted by Crippen LogP contribution is 2.24. The fourth-order valence-electron chi connectivity index (χ4n) is 3.49. The average Bonchev–Trinajstić information content (AvgIpc) is 3.17. The van der Waals surface area contributed by atoms with Gasteiger partial charge in [0.2, 0.25) is 0 Å². The van der Waals surface area contributed by atoms with E-state index >= 15 is 0 Å². The molecule has 1 N–H and O–H groups in total. The van der Waals surface area contributed by atoms with Crippen molar-refractivity contribution < 1.29 is 9.18 Å². The second-order valence-corrected chi connectivity index (χ2v) is 7.87. The Hall–Kier alpha value is -2.82. The van der Waals surface area contributed by atoms with Gasteiger partial charge in [0.05, 0.1) is 10.0 Å². The van der Waals surface area contributed by atoms with Crippen molar-refractivity contribution in [3.8, 4) is 0 Å². The minimum atomic E-state index is -0.337. The van der Waals surface area contributed by atoms with Crippen molar-refractivity contribution in [1.82, 2.24) is 9.88 Å². The summed E-state index contributed by atoms with van der Waals surface area (Å²) in [4.78, 5) is 18.1. The van der Waals surface area contributed by atoms with Gasteiger partial charge in [-0.2, -0.15) is 0 Å². The highest BCUT2D eigenvalue weighted by atomic mass is 35.5. The minimum Gasteiger partial charge on any atom is -0.361 e. The Bertz CT molecular complexity index is 1200. The molecule has 3 aromatic carbocycles. The van der Waals surface area contributed by atoms with E-state index in [4.69, 9.17) is 23.2 Å². The van der Waals surface area contributed by atoms with Crippen LogP contribution in [-0.4, -0.2) is 22.3 Å². The lowest BCUT2D eigenvalue weighted by Gasteiger charge is -2.23. The molecule has 1 aromatic heterocycles. The molecule has 0 aliphatic rings. The Morgan fingerprint density at radius 3 is 2.50 bits per heavy atom. The zero-order valence-corrected chi connectivity index (χ0v) is 17.6. The molecule has 30 heavy (non-hydrogen) atoms. The van der Waals surface area contributed by atoms with Gasteiger partial charge >= 0.3 is 0 Å². The van der Waals surface area contributed by atoms with Crippen LogP contribution < -0.4 is 0 Å². The van der Waals surface area contributed by atoms with E-state index in [9.17, 15) is 9.18 Å². The first-order chi connectivity index (χ1) is 14.5. The first-order valence-electron chi connectivity index (χ1n) is 9.55. The predicted molar refractivity (Wildman–Crippen MR) is 120 cm³/mol. The van der Waals surface area contributed by atoms with Crippen LogP contribution in [0.2, 0.25) is 10.0 Å². The maximum Gasteiger partial charge on any atom is 0.254 e. The van der Waals surface area contributed by atoms with E-state index in [2.05, 4.69) is 4.98 Å². The van der Waals surface area contributed by atoms with Gasteiger partial charge in [0.15, 0.2) is 0 Å². The summed E-state index contributed by atoms with van der Waals surface area (Å²) < 4.78 is 14.3. The number of amides is 1. The number of hydrogen-bond donors (Lipinski definition) is 1. The molecule has 0 bridgehead atoms. The molecule has 3 nitrogen and oxygen atoms in total.